The van der Waals surface area contributed by atoms with Crippen LogP contribution in [0.2, 0.25) is 0 Å². The summed E-state index contributed by atoms with van der Waals surface area (Å²) in [5.74, 6) is -1.11. The summed E-state index contributed by atoms with van der Waals surface area (Å²) >= 11 is 2.07. The number of aryl methyl sites for hydroxylation is 1. The minimum atomic E-state index is -0.862. The maximum atomic E-state index is 13.7. The molecule has 0 radical (unpaired) electrons. The summed E-state index contributed by atoms with van der Waals surface area (Å²) in [5.41, 5.74) is 0.854. The van der Waals surface area contributed by atoms with Gasteiger partial charge in [-0.2, -0.15) is 5.10 Å². The predicted octanol–water partition coefficient (Wildman–Crippen LogP) is 3.07. The Morgan fingerprint density at radius 1 is 1.30 bits per heavy atom. The van der Waals surface area contributed by atoms with Gasteiger partial charge >= 0.3 is 0 Å². The molecule has 2 aromatic heterocycles. The maximum Gasteiger partial charge on any atom is 0.163 e. The van der Waals surface area contributed by atoms with Crippen LogP contribution in [0.15, 0.2) is 24.4 Å². The summed E-state index contributed by atoms with van der Waals surface area (Å²) in [4.78, 5) is 8.43. The molecule has 0 unspecified atom stereocenters. The van der Waals surface area contributed by atoms with Crippen LogP contribution in [0.5, 0.6) is 0 Å². The van der Waals surface area contributed by atoms with Gasteiger partial charge in [0.05, 0.1) is 11.9 Å². The van der Waals surface area contributed by atoms with Gasteiger partial charge in [0.2, 0.25) is 0 Å². The Morgan fingerprint density at radius 2 is 2.10 bits per heavy atom. The Balaban J connectivity index is 2.11. The third-order valence-corrected chi connectivity index (χ3v) is 3.71. The van der Waals surface area contributed by atoms with Crippen molar-refractivity contribution in [1.82, 2.24) is 19.7 Å². The average Bonchev–Trinajstić information content (AvgIpc) is 2.71. The smallest absolute Gasteiger partial charge is 0.163 e. The molecule has 20 heavy (non-hydrogen) atoms. The van der Waals surface area contributed by atoms with E-state index in [4.69, 9.17) is 0 Å². The van der Waals surface area contributed by atoms with Gasteiger partial charge in [-0.1, -0.05) is 12.1 Å². The SMILES string of the molecule is Cc1ncc2c(I)nn(Cc3cccc(F)c3F)c2n1. The summed E-state index contributed by atoms with van der Waals surface area (Å²) in [5, 5.41) is 5.11. The molecule has 0 spiro atoms. The molecule has 0 amide bonds. The Bertz CT molecular complexity index is 800. The first-order chi connectivity index (χ1) is 9.56. The van der Waals surface area contributed by atoms with Crippen LogP contribution >= 0.6 is 22.6 Å². The summed E-state index contributed by atoms with van der Waals surface area (Å²) in [6, 6.07) is 4.10. The quantitative estimate of drug-likeness (QED) is 0.636. The number of halogens is 3. The van der Waals surface area contributed by atoms with Crippen LogP contribution in [0.4, 0.5) is 8.78 Å². The second kappa shape index (κ2) is 5.04. The monoisotopic (exact) mass is 386 g/mol. The zero-order valence-electron chi connectivity index (χ0n) is 10.4. The number of hydrogen-bond acceptors (Lipinski definition) is 3. The highest BCUT2D eigenvalue weighted by Crippen LogP contribution is 2.20. The van der Waals surface area contributed by atoms with E-state index >= 15 is 0 Å². The Morgan fingerprint density at radius 3 is 2.90 bits per heavy atom. The second-order valence-corrected chi connectivity index (χ2v) is 5.34. The number of benzene rings is 1. The fourth-order valence-electron chi connectivity index (χ4n) is 1.95. The van der Waals surface area contributed by atoms with Gasteiger partial charge in [0.1, 0.15) is 9.53 Å². The van der Waals surface area contributed by atoms with Crippen LogP contribution in [0.3, 0.4) is 0 Å². The van der Waals surface area contributed by atoms with Crippen molar-refractivity contribution in [3.63, 3.8) is 0 Å². The maximum absolute atomic E-state index is 13.7. The fourth-order valence-corrected chi connectivity index (χ4v) is 2.59. The van der Waals surface area contributed by atoms with Crippen LogP contribution in [-0.4, -0.2) is 19.7 Å². The molecule has 4 nitrogen and oxygen atoms in total. The zero-order chi connectivity index (χ0) is 14.3. The van der Waals surface area contributed by atoms with Crippen molar-refractivity contribution in [2.45, 2.75) is 13.5 Å². The van der Waals surface area contributed by atoms with Gasteiger partial charge in [0.15, 0.2) is 17.3 Å². The van der Waals surface area contributed by atoms with Crippen molar-refractivity contribution in [2.24, 2.45) is 0 Å². The normalized spacial score (nSPS) is 11.2. The first kappa shape index (κ1) is 13.3. The number of nitrogens with zero attached hydrogens (tertiary/aromatic N) is 4. The molecule has 2 heterocycles. The first-order valence-corrected chi connectivity index (χ1v) is 6.92. The van der Waals surface area contributed by atoms with Crippen LogP contribution in [0, 0.1) is 22.3 Å². The van der Waals surface area contributed by atoms with E-state index in [9.17, 15) is 8.78 Å². The van der Waals surface area contributed by atoms with Crippen molar-refractivity contribution in [1.29, 1.82) is 0 Å². The summed E-state index contributed by atoms with van der Waals surface area (Å²) in [6.45, 7) is 1.89. The van der Waals surface area contributed by atoms with Gasteiger partial charge in [-0.15, -0.1) is 0 Å². The van der Waals surface area contributed by atoms with E-state index in [1.807, 2.05) is 0 Å². The van der Waals surface area contributed by atoms with Gasteiger partial charge in [-0.3, -0.25) is 0 Å². The highest BCUT2D eigenvalue weighted by atomic mass is 127. The molecule has 0 atom stereocenters. The van der Waals surface area contributed by atoms with Crippen LogP contribution in [0.25, 0.3) is 11.0 Å². The first-order valence-electron chi connectivity index (χ1n) is 5.85. The standard InChI is InChI=1S/C13H9F2IN4/c1-7-17-5-9-12(16)19-20(13(9)18-7)6-8-3-2-4-10(14)11(8)15/h2-5H,6H2,1H3. The molecule has 3 aromatic rings. The van der Waals surface area contributed by atoms with E-state index in [1.165, 1.54) is 12.1 Å². The lowest BCUT2D eigenvalue weighted by Crippen LogP contribution is -2.06. The van der Waals surface area contributed by atoms with E-state index in [0.717, 1.165) is 15.2 Å². The van der Waals surface area contributed by atoms with Crippen molar-refractivity contribution >= 4 is 33.6 Å². The minimum Gasteiger partial charge on any atom is -0.242 e. The van der Waals surface area contributed by atoms with Crippen LogP contribution < -0.4 is 0 Å². The van der Waals surface area contributed by atoms with Crippen LogP contribution in [0.1, 0.15) is 11.4 Å². The molecule has 102 valence electrons. The summed E-state index contributed by atoms with van der Waals surface area (Å²) in [7, 11) is 0. The van der Waals surface area contributed by atoms with Gasteiger partial charge in [0.25, 0.3) is 0 Å². The molecule has 0 fully saturated rings. The lowest BCUT2D eigenvalue weighted by molar-refractivity contribution is 0.492. The van der Waals surface area contributed by atoms with Crippen molar-refractivity contribution in [3.05, 3.63) is 51.1 Å². The molecule has 0 saturated carbocycles. The van der Waals surface area contributed by atoms with Crippen molar-refractivity contribution in [3.8, 4) is 0 Å². The summed E-state index contributed by atoms with van der Waals surface area (Å²) in [6.07, 6.45) is 1.69. The third-order valence-electron chi connectivity index (χ3n) is 2.92. The Kier molecular flexibility index (Phi) is 3.36. The summed E-state index contributed by atoms with van der Waals surface area (Å²) < 4.78 is 29.2. The van der Waals surface area contributed by atoms with Gasteiger partial charge in [0, 0.05) is 11.8 Å². The highest BCUT2D eigenvalue weighted by molar-refractivity contribution is 14.1. The Labute approximate surface area is 127 Å². The molecule has 0 saturated heterocycles. The van der Waals surface area contributed by atoms with Gasteiger partial charge < -0.3 is 0 Å². The van der Waals surface area contributed by atoms with E-state index < -0.39 is 11.6 Å². The van der Waals surface area contributed by atoms with Gasteiger partial charge in [-0.05, 0) is 35.6 Å². The Hall–Kier alpha value is -1.64. The predicted molar refractivity (Wildman–Crippen MR) is 78.2 cm³/mol. The van der Waals surface area contributed by atoms with E-state index in [-0.39, 0.29) is 12.1 Å². The molecule has 1 aromatic carbocycles. The zero-order valence-corrected chi connectivity index (χ0v) is 12.6. The molecule has 0 aliphatic carbocycles. The number of rotatable bonds is 2. The molecular formula is C13H9F2IN4. The largest absolute Gasteiger partial charge is 0.242 e. The number of aromatic nitrogens is 4. The minimum absolute atomic E-state index is 0.125. The molecule has 0 bridgehead atoms. The second-order valence-electron chi connectivity index (χ2n) is 4.32. The highest BCUT2D eigenvalue weighted by Gasteiger charge is 2.14. The van der Waals surface area contributed by atoms with E-state index in [0.29, 0.717) is 11.5 Å². The number of hydrogen-bond donors (Lipinski definition) is 0. The third kappa shape index (κ3) is 2.26. The molecule has 0 aliphatic heterocycles. The van der Waals surface area contributed by atoms with Crippen molar-refractivity contribution < 1.29 is 8.78 Å². The molecule has 0 aliphatic rings. The van der Waals surface area contributed by atoms with Crippen LogP contribution in [-0.2, 0) is 6.54 Å². The lowest BCUT2D eigenvalue weighted by atomic mass is 10.2. The molecular weight excluding hydrogens is 377 g/mol. The molecule has 0 N–H and O–H groups in total. The van der Waals surface area contributed by atoms with E-state index in [1.54, 1.807) is 17.8 Å². The lowest BCUT2D eigenvalue weighted by Gasteiger charge is -2.05. The molecule has 7 heteroatoms. The van der Waals surface area contributed by atoms with Crippen molar-refractivity contribution in [2.75, 3.05) is 0 Å². The average molecular weight is 386 g/mol. The molecule has 3 rings (SSSR count). The van der Waals surface area contributed by atoms with E-state index in [2.05, 4.69) is 37.7 Å². The van der Waals surface area contributed by atoms with Gasteiger partial charge in [-0.25, -0.2) is 23.4 Å². The fraction of sp³-hybridized carbons (Fsp3) is 0.154. The topological polar surface area (TPSA) is 43.6 Å². The number of fused-ring (bicyclic) bond motifs is 1.